The van der Waals surface area contributed by atoms with Crippen molar-refractivity contribution in [2.45, 2.75) is 13.8 Å². The number of hydrogen-bond acceptors (Lipinski definition) is 1. The van der Waals surface area contributed by atoms with Gasteiger partial charge in [0.25, 0.3) is 0 Å². The normalized spacial score (nSPS) is 7.00. The minimum atomic E-state index is 0.417. The Morgan fingerprint density at radius 2 is 1.17 bits per heavy atom. The number of hydrogen-bond donors (Lipinski definition) is 2. The fourth-order valence-corrected chi connectivity index (χ4v) is 0. The molecule has 0 saturated heterocycles. The molecule has 40 valence electrons. The molecule has 0 aliphatic rings. The standard InChI is InChI=1S/C2H7NO.C2H6/c1-3(2)4;1-2/h4H,1-2H3;1-2H3/p+1. The molecule has 0 aromatic heterocycles. The molecule has 0 atom stereocenters. The van der Waals surface area contributed by atoms with Crippen molar-refractivity contribution < 1.29 is 10.3 Å². The van der Waals surface area contributed by atoms with Crippen LogP contribution in [0.2, 0.25) is 0 Å². The summed E-state index contributed by atoms with van der Waals surface area (Å²) in [5.41, 5.74) is 0. The van der Waals surface area contributed by atoms with Crippen LogP contribution in [0.25, 0.3) is 0 Å². The monoisotopic (exact) mass is 92.1 g/mol. The molecule has 0 radical (unpaired) electrons. The van der Waals surface area contributed by atoms with Crippen molar-refractivity contribution in [3.63, 3.8) is 0 Å². The second kappa shape index (κ2) is 8.87. The average Bonchev–Trinajstić information content (AvgIpc) is 1.41. The molecule has 0 rings (SSSR count). The fraction of sp³-hybridized carbons (Fsp3) is 1.00. The van der Waals surface area contributed by atoms with Gasteiger partial charge in [0.15, 0.2) is 0 Å². The summed E-state index contributed by atoms with van der Waals surface area (Å²) in [6.07, 6.45) is 0. The molecule has 0 fully saturated rings. The Bertz CT molecular complexity index is 12.3. The second-order valence-electron chi connectivity index (χ2n) is 0.947. The predicted octanol–water partition coefficient (Wildman–Crippen LogP) is -0.454. The molecule has 0 bridgehead atoms. The zero-order valence-corrected chi connectivity index (χ0v) is 4.95. The maximum atomic E-state index is 7.97. The molecular formula is C4H14NO+. The number of quaternary nitrogens is 1. The van der Waals surface area contributed by atoms with E-state index in [0.717, 1.165) is 0 Å². The van der Waals surface area contributed by atoms with Gasteiger partial charge < -0.3 is 0 Å². The summed E-state index contributed by atoms with van der Waals surface area (Å²) >= 11 is 0. The van der Waals surface area contributed by atoms with Crippen LogP contribution < -0.4 is 5.06 Å². The van der Waals surface area contributed by atoms with E-state index in [2.05, 4.69) is 0 Å². The number of rotatable bonds is 0. The Balaban J connectivity index is 0. The van der Waals surface area contributed by atoms with Gasteiger partial charge in [-0.1, -0.05) is 13.8 Å². The lowest BCUT2D eigenvalue weighted by atomic mass is 11.0. The zero-order chi connectivity index (χ0) is 5.58. The first-order valence-electron chi connectivity index (χ1n) is 2.22. The topological polar surface area (TPSA) is 24.7 Å². The Morgan fingerprint density at radius 3 is 1.17 bits per heavy atom. The van der Waals surface area contributed by atoms with E-state index in [-0.39, 0.29) is 0 Å². The SMILES string of the molecule is CC.C[NH+](C)O. The fourth-order valence-electron chi connectivity index (χ4n) is 0. The molecule has 0 spiro atoms. The van der Waals surface area contributed by atoms with E-state index >= 15 is 0 Å². The van der Waals surface area contributed by atoms with Gasteiger partial charge in [-0.15, -0.1) is 0 Å². The van der Waals surface area contributed by atoms with Crippen LogP contribution in [0.1, 0.15) is 13.8 Å². The van der Waals surface area contributed by atoms with Crippen LogP contribution in [0, 0.1) is 0 Å². The van der Waals surface area contributed by atoms with Crippen molar-refractivity contribution in [1.82, 2.24) is 0 Å². The highest BCUT2D eigenvalue weighted by Gasteiger charge is 1.64. The van der Waals surface area contributed by atoms with E-state index in [1.165, 1.54) is 0 Å². The van der Waals surface area contributed by atoms with E-state index in [1.807, 2.05) is 13.8 Å². The number of nitrogens with one attached hydrogen (secondary N) is 1. The summed E-state index contributed by atoms with van der Waals surface area (Å²) in [5, 5.41) is 8.39. The van der Waals surface area contributed by atoms with E-state index in [4.69, 9.17) is 5.21 Å². The third-order valence-electron chi connectivity index (χ3n) is 0. The highest BCUT2D eigenvalue weighted by molar-refractivity contribution is 3.50. The molecule has 2 nitrogen and oxygen atoms in total. The van der Waals surface area contributed by atoms with Crippen molar-refractivity contribution in [3.8, 4) is 0 Å². The molecular weight excluding hydrogens is 78.0 g/mol. The zero-order valence-electron chi connectivity index (χ0n) is 4.95. The quantitative estimate of drug-likeness (QED) is 0.388. The largest absolute Gasteiger partial charge is 0.219 e. The van der Waals surface area contributed by atoms with Gasteiger partial charge in [0.2, 0.25) is 0 Å². The Labute approximate surface area is 39.3 Å². The lowest BCUT2D eigenvalue weighted by Gasteiger charge is -1.84. The lowest BCUT2D eigenvalue weighted by Crippen LogP contribution is -3.02. The summed E-state index contributed by atoms with van der Waals surface area (Å²) in [4.78, 5) is 0. The van der Waals surface area contributed by atoms with E-state index < -0.39 is 0 Å². The smallest absolute Gasteiger partial charge is 0.0963 e. The number of hydroxylamine groups is 2. The van der Waals surface area contributed by atoms with Gasteiger partial charge in [-0.3, -0.25) is 0 Å². The van der Waals surface area contributed by atoms with Crippen molar-refractivity contribution in [2.24, 2.45) is 0 Å². The summed E-state index contributed by atoms with van der Waals surface area (Å²) in [7, 11) is 3.28. The molecule has 0 saturated carbocycles. The molecule has 2 N–H and O–H groups in total. The van der Waals surface area contributed by atoms with Crippen LogP contribution in [0.5, 0.6) is 0 Å². The van der Waals surface area contributed by atoms with Gasteiger partial charge in [0.1, 0.15) is 0 Å². The molecule has 0 aromatic carbocycles. The van der Waals surface area contributed by atoms with Gasteiger partial charge in [-0.25, -0.2) is 5.21 Å². The molecule has 0 amide bonds. The summed E-state index contributed by atoms with van der Waals surface area (Å²) < 4.78 is 0. The predicted molar refractivity (Wildman–Crippen MR) is 25.9 cm³/mol. The summed E-state index contributed by atoms with van der Waals surface area (Å²) in [6.45, 7) is 4.00. The van der Waals surface area contributed by atoms with Crippen molar-refractivity contribution in [1.29, 1.82) is 0 Å². The van der Waals surface area contributed by atoms with E-state index in [0.29, 0.717) is 5.06 Å². The molecule has 0 unspecified atom stereocenters. The maximum absolute atomic E-state index is 7.97. The van der Waals surface area contributed by atoms with Gasteiger partial charge >= 0.3 is 0 Å². The van der Waals surface area contributed by atoms with E-state index in [1.54, 1.807) is 14.1 Å². The highest BCUT2D eigenvalue weighted by atomic mass is 16.5. The van der Waals surface area contributed by atoms with Gasteiger partial charge in [-0.05, 0) is 0 Å². The highest BCUT2D eigenvalue weighted by Crippen LogP contribution is 1.14. The Morgan fingerprint density at radius 1 is 1.17 bits per heavy atom. The first kappa shape index (κ1) is 9.33. The van der Waals surface area contributed by atoms with Crippen LogP contribution in [0.15, 0.2) is 0 Å². The second-order valence-corrected chi connectivity index (χ2v) is 0.947. The first-order valence-corrected chi connectivity index (χ1v) is 2.22. The van der Waals surface area contributed by atoms with E-state index in [9.17, 15) is 0 Å². The molecule has 0 aliphatic carbocycles. The van der Waals surface area contributed by atoms with Crippen LogP contribution >= 0.6 is 0 Å². The molecule has 0 aliphatic heterocycles. The van der Waals surface area contributed by atoms with Gasteiger partial charge in [-0.2, -0.15) is 5.06 Å². The maximum Gasteiger partial charge on any atom is 0.0963 e. The molecule has 2 heteroatoms. The summed E-state index contributed by atoms with van der Waals surface area (Å²) in [6, 6.07) is 0. The Hall–Kier alpha value is -0.0800. The molecule has 6 heavy (non-hydrogen) atoms. The van der Waals surface area contributed by atoms with Crippen LogP contribution in [-0.4, -0.2) is 19.3 Å². The van der Waals surface area contributed by atoms with Gasteiger partial charge in [0.05, 0.1) is 14.1 Å². The molecule has 0 aromatic rings. The Kier molecular flexibility index (Phi) is 13.8. The minimum Gasteiger partial charge on any atom is -0.219 e. The van der Waals surface area contributed by atoms with Crippen molar-refractivity contribution in [3.05, 3.63) is 0 Å². The first-order chi connectivity index (χ1) is 2.73. The van der Waals surface area contributed by atoms with Crippen molar-refractivity contribution in [2.75, 3.05) is 14.1 Å². The third kappa shape index (κ3) is 5220. The lowest BCUT2D eigenvalue weighted by molar-refractivity contribution is -1.06. The minimum absolute atomic E-state index is 0.417. The van der Waals surface area contributed by atoms with Crippen LogP contribution in [0.4, 0.5) is 0 Å². The van der Waals surface area contributed by atoms with Crippen LogP contribution in [-0.2, 0) is 0 Å². The molecule has 0 heterocycles. The van der Waals surface area contributed by atoms with Gasteiger partial charge in [0, 0.05) is 0 Å². The summed E-state index contributed by atoms with van der Waals surface area (Å²) in [5.74, 6) is 0. The van der Waals surface area contributed by atoms with Crippen molar-refractivity contribution >= 4 is 0 Å². The van der Waals surface area contributed by atoms with Crippen LogP contribution in [0.3, 0.4) is 0 Å². The average molecular weight is 92.2 g/mol. The third-order valence-corrected chi connectivity index (χ3v) is 0.